The molecule has 0 saturated heterocycles. The molecule has 0 aliphatic heterocycles. The first-order chi connectivity index (χ1) is 72.3. The van der Waals surface area contributed by atoms with E-state index in [9.17, 15) is 34.5 Å². The minimum absolute atomic E-state index is 0.00740. The number of pyridine rings is 4. The molecule has 10 N–H and O–H groups in total. The van der Waals surface area contributed by atoms with E-state index in [1.807, 2.05) is 322 Å². The summed E-state index contributed by atoms with van der Waals surface area (Å²) in [6, 6.07) is 85.7. The number of aryl methyl sites for hydroxylation is 7. The van der Waals surface area contributed by atoms with Crippen molar-refractivity contribution in [2.75, 3.05) is 75.5 Å². The number of aromatic hydroxyl groups is 1. The normalized spacial score (nSPS) is 12.0. The van der Waals surface area contributed by atoms with Gasteiger partial charge in [-0.2, -0.15) is 29.9 Å². The number of carbonyl (C=O) groups excluding carboxylic acids is 4. The van der Waals surface area contributed by atoms with Crippen LogP contribution in [-0.4, -0.2) is 122 Å². The van der Waals surface area contributed by atoms with Gasteiger partial charge in [0.05, 0.1) is 54.1 Å². The summed E-state index contributed by atoms with van der Waals surface area (Å²) < 4.78 is 11.7. The zero-order valence-electron chi connectivity index (χ0n) is 83.5. The maximum Gasteiger partial charge on any atom is 0.320 e. The van der Waals surface area contributed by atoms with Gasteiger partial charge in [-0.05, 0) is 206 Å². The van der Waals surface area contributed by atoms with E-state index in [0.29, 0.717) is 90.9 Å². The number of carbonyl (C=O) groups is 4. The third-order valence-electron chi connectivity index (χ3n) is 27.1. The molecule has 0 amide bonds. The Labute approximate surface area is 858 Å². The smallest absolute Gasteiger partial charge is 0.320 e. The summed E-state index contributed by atoms with van der Waals surface area (Å²) in [5, 5.41) is 60.5. The third-order valence-corrected chi connectivity index (χ3v) is 27.1. The van der Waals surface area contributed by atoms with Gasteiger partial charge in [0.15, 0.2) is 23.1 Å². The second-order valence-corrected chi connectivity index (χ2v) is 38.2. The fraction of sp³-hybridized carbons (Fsp3) is 0.131. The van der Waals surface area contributed by atoms with Gasteiger partial charge >= 0.3 is 6.01 Å². The number of aliphatic hydroxyl groups is 2. The fourth-order valence-corrected chi connectivity index (χ4v) is 19.5. The van der Waals surface area contributed by atoms with Gasteiger partial charge in [0.1, 0.15) is 11.5 Å². The highest BCUT2D eigenvalue weighted by molar-refractivity contribution is 6.31. The molecule has 0 spiro atoms. The highest BCUT2D eigenvalue weighted by atomic mass is 16.5. The molecule has 4 aliphatic rings. The lowest BCUT2D eigenvalue weighted by Gasteiger charge is -2.24. The molecular weight excluding hydrogens is 1860 g/mol. The number of aliphatic hydroxyl groups excluding tert-OH is 2. The topological polar surface area (TPSA) is 364 Å². The molecule has 4 aliphatic carbocycles. The maximum atomic E-state index is 13.9. The Morgan fingerprint density at radius 2 is 0.738 bits per heavy atom. The highest BCUT2D eigenvalue weighted by Crippen LogP contribution is 2.50. The molecule has 27 heteroatoms. The van der Waals surface area contributed by atoms with Crippen molar-refractivity contribution >= 4 is 153 Å². The van der Waals surface area contributed by atoms with E-state index in [2.05, 4.69) is 120 Å². The summed E-state index contributed by atoms with van der Waals surface area (Å²) in [6.45, 7) is 20.8. The number of rotatable bonds is 22. The largest absolute Gasteiger partial charge is 0.495 e. The Bertz CT molecular complexity index is 8800. The number of hydrogen-bond acceptors (Lipinski definition) is 27. The third kappa shape index (κ3) is 19.2. The van der Waals surface area contributed by atoms with Crippen LogP contribution in [0.3, 0.4) is 0 Å². The quantitative estimate of drug-likeness (QED) is 0.0301. The van der Waals surface area contributed by atoms with E-state index in [0.717, 1.165) is 161 Å². The minimum atomic E-state index is -0.407. The molecule has 0 bridgehead atoms. The zero-order valence-corrected chi connectivity index (χ0v) is 83.5. The first kappa shape index (κ1) is 96.3. The van der Waals surface area contributed by atoms with Crippen LogP contribution in [0.1, 0.15) is 129 Å². The molecule has 0 fully saturated rings. The van der Waals surface area contributed by atoms with Crippen molar-refractivity contribution in [3.63, 3.8) is 0 Å². The zero-order chi connectivity index (χ0) is 103. The number of nitrogens with zero attached hydrogens (tertiary/aromatic N) is 11. The van der Waals surface area contributed by atoms with Crippen molar-refractivity contribution in [2.45, 2.75) is 74.7 Å². The number of hydrogen-bond donors (Lipinski definition) is 10. The second-order valence-electron chi connectivity index (χ2n) is 38.2. The lowest BCUT2D eigenvalue weighted by Crippen LogP contribution is -2.31. The number of ketones is 4. The number of aromatic nitrogens is 10. The molecule has 20 aromatic rings. The number of methoxy groups -OCH3 is 1. The SMILES string of the molecule is COc1ccc2c(c1Nc1ccc(C(C)(C)C)cc1)C(=O)c1cccc3cncc-2c13.Cc1ccc(C)c(Nc2nc(Nc3ccc(C)c(Nc4cccc5c4C(=O)c4cccc6cncc-5c46)c3)nc(N(CCO)CCO)n2)c1.Cc1ccc(C)c(Nc2nc(O)nc(Nc3ccc(C)c(Nc4cccc5c4C(=O)c4cccc6cncc-5c46)c3)n2)c1.Cc1ccc(Oc2ncc3c4c(cccc24)C(=O)c2ccccc2-3)cc1. The lowest BCUT2D eigenvalue weighted by atomic mass is 9.83. The molecule has 27 nitrogen and oxygen atoms in total. The van der Waals surface area contributed by atoms with Crippen molar-refractivity contribution < 1.29 is 44.0 Å². The molecule has 24 rings (SSSR count). The van der Waals surface area contributed by atoms with Gasteiger partial charge in [0, 0.05) is 189 Å². The van der Waals surface area contributed by atoms with Crippen LogP contribution in [0, 0.1) is 48.5 Å². The van der Waals surface area contributed by atoms with Gasteiger partial charge in [0.2, 0.25) is 35.6 Å². The molecule has 0 radical (unpaired) electrons. The van der Waals surface area contributed by atoms with Crippen LogP contribution >= 0.6 is 0 Å². The van der Waals surface area contributed by atoms with Crippen LogP contribution in [0.2, 0.25) is 0 Å². The van der Waals surface area contributed by atoms with Crippen molar-refractivity contribution in [1.82, 2.24) is 49.8 Å². The van der Waals surface area contributed by atoms with Gasteiger partial charge in [-0.3, -0.25) is 34.1 Å². The summed E-state index contributed by atoms with van der Waals surface area (Å²) in [7, 11) is 1.62. The minimum Gasteiger partial charge on any atom is -0.495 e. The van der Waals surface area contributed by atoms with Crippen molar-refractivity contribution in [3.8, 4) is 67.9 Å². The van der Waals surface area contributed by atoms with Gasteiger partial charge in [-0.1, -0.05) is 202 Å². The summed E-state index contributed by atoms with van der Waals surface area (Å²) in [5.74, 6) is 3.14. The molecule has 734 valence electrons. The first-order valence-corrected chi connectivity index (χ1v) is 48.8. The standard InChI is InChI=1S/C38H36N8O3.C34H27N7O2.C27H24N2O2.C23H15NO2/c1-22-10-11-23(2)31(18-22)42-37-43-36(44-38(45-37)46(14-16-47)15-17-48)40-26-13-12-24(3)32(19-26)41-30-9-5-7-27-29-21-39-20-25-6-4-8-28(33(25)29)35(49)34(27)30;1-18-10-11-19(2)27(14-18)38-33-39-32(40-34(43)41-33)36-22-13-12-20(3)28(15-22)37-26-9-5-7-23-25-17-35-16-21-6-4-8-24(29(21)25)31(42)30(23)26;1-27(2,3)17-8-10-18(11-9-17)29-25-22(31-4)13-12-19-21-15-28-14-16-6-5-7-20(23(16)21)26(30)24(19)25;1-14-9-11-15(12-10-14)26-23-19-8-4-7-18-21(19)20(13-24-23)16-5-2-3-6-17(16)22(18)25/h4-13,18-21,41,47-48H,14-17H2,1-3H3,(H2,40,42,43,44,45);4-17,37H,1-3H3,(H3,36,38,39,40,41,43);5-15,29H,1-4H3;2-13H,1H3. The number of fused-ring (bicyclic) bond motifs is 8. The Morgan fingerprint density at radius 1 is 0.329 bits per heavy atom. The van der Waals surface area contributed by atoms with Gasteiger partial charge < -0.3 is 66.9 Å². The lowest BCUT2D eigenvalue weighted by molar-refractivity contribution is 0.103. The number of anilines is 15. The van der Waals surface area contributed by atoms with Crippen LogP contribution in [-0.2, 0) is 5.41 Å². The highest BCUT2D eigenvalue weighted by Gasteiger charge is 2.35. The summed E-state index contributed by atoms with van der Waals surface area (Å²) in [5.41, 5.74) is 28.9. The number of ether oxygens (including phenoxy) is 2. The Morgan fingerprint density at radius 3 is 1.23 bits per heavy atom. The van der Waals surface area contributed by atoms with E-state index in [-0.39, 0.29) is 72.7 Å². The maximum absolute atomic E-state index is 13.9. The number of benzene rings is 14. The van der Waals surface area contributed by atoms with Crippen molar-refractivity contribution in [3.05, 3.63) is 399 Å². The van der Waals surface area contributed by atoms with Crippen LogP contribution in [0.4, 0.5) is 86.6 Å². The van der Waals surface area contributed by atoms with Crippen molar-refractivity contribution in [1.29, 1.82) is 0 Å². The average Bonchev–Trinajstić information content (AvgIpc) is 0.722. The molecule has 14 aromatic carbocycles. The Kier molecular flexibility index (Phi) is 26.1. The summed E-state index contributed by atoms with van der Waals surface area (Å²) in [4.78, 5) is 100. The van der Waals surface area contributed by atoms with E-state index in [4.69, 9.17) is 9.47 Å². The molecule has 149 heavy (non-hydrogen) atoms. The van der Waals surface area contributed by atoms with Crippen LogP contribution in [0.15, 0.2) is 310 Å². The predicted octanol–water partition coefficient (Wildman–Crippen LogP) is 26.1. The fourth-order valence-electron chi connectivity index (χ4n) is 19.5. The molecule has 0 saturated carbocycles. The van der Waals surface area contributed by atoms with E-state index in [1.165, 1.54) is 11.1 Å². The Balaban J connectivity index is 0.000000119. The van der Waals surface area contributed by atoms with E-state index < -0.39 is 6.01 Å². The van der Waals surface area contributed by atoms with Crippen molar-refractivity contribution in [2.24, 2.45) is 0 Å². The Hall–Kier alpha value is -18.9. The first-order valence-electron chi connectivity index (χ1n) is 48.8. The van der Waals surface area contributed by atoms with Gasteiger partial charge in [0.25, 0.3) is 0 Å². The second kappa shape index (κ2) is 40.4. The van der Waals surface area contributed by atoms with Gasteiger partial charge in [-0.25, -0.2) is 4.98 Å². The monoisotopic (exact) mass is 1960 g/mol. The summed E-state index contributed by atoms with van der Waals surface area (Å²) >= 11 is 0. The van der Waals surface area contributed by atoms with E-state index in [1.54, 1.807) is 36.8 Å². The molecular formula is C122H102N18O9. The van der Waals surface area contributed by atoms with E-state index >= 15 is 0 Å². The number of nitrogens with one attached hydrogen (secondary N) is 7. The van der Waals surface area contributed by atoms with Gasteiger partial charge in [-0.15, -0.1) is 0 Å². The van der Waals surface area contributed by atoms with Crippen LogP contribution in [0.25, 0.3) is 87.6 Å². The molecule has 6 aromatic heterocycles. The molecule has 0 unspecified atom stereocenters. The molecule has 6 heterocycles. The van der Waals surface area contributed by atoms with Crippen LogP contribution in [0.5, 0.6) is 23.4 Å². The summed E-state index contributed by atoms with van der Waals surface area (Å²) in [6.07, 6.45) is 12.7. The predicted molar refractivity (Wildman–Crippen MR) is 590 cm³/mol. The van der Waals surface area contributed by atoms with Crippen LogP contribution < -0.4 is 51.6 Å². The molecule has 0 atom stereocenters. The average molecular weight is 1960 g/mol.